The first-order valence-corrected chi connectivity index (χ1v) is 9.25. The van der Waals surface area contributed by atoms with Crippen LogP contribution in [0.1, 0.15) is 29.9 Å². The van der Waals surface area contributed by atoms with Crippen LogP contribution in [0.5, 0.6) is 0 Å². The average molecular weight is 349 g/mol. The van der Waals surface area contributed by atoms with E-state index in [1.165, 1.54) is 5.69 Å². The van der Waals surface area contributed by atoms with Gasteiger partial charge in [-0.25, -0.2) is 0 Å². The molecule has 26 heavy (non-hydrogen) atoms. The van der Waals surface area contributed by atoms with Gasteiger partial charge in [-0.05, 0) is 30.2 Å². The summed E-state index contributed by atoms with van der Waals surface area (Å²) >= 11 is 0. The molecule has 5 rings (SSSR count). The Hall–Kier alpha value is -2.33. The second-order valence-corrected chi connectivity index (χ2v) is 8.39. The second kappa shape index (κ2) is 5.34. The van der Waals surface area contributed by atoms with Crippen LogP contribution >= 0.6 is 0 Å². The number of rotatable bonds is 4. The lowest BCUT2D eigenvalue weighted by atomic mass is 9.78. The summed E-state index contributed by atoms with van der Waals surface area (Å²) in [5, 5.41) is 9.84. The first-order valence-electron chi connectivity index (χ1n) is 9.25. The molecule has 2 aromatic carbocycles. The van der Waals surface area contributed by atoms with Crippen molar-refractivity contribution in [2.24, 2.45) is 10.8 Å². The van der Waals surface area contributed by atoms with Crippen molar-refractivity contribution in [1.29, 1.82) is 0 Å². The predicted molar refractivity (Wildman–Crippen MR) is 99.6 cm³/mol. The third kappa shape index (κ3) is 2.15. The summed E-state index contributed by atoms with van der Waals surface area (Å²) in [7, 11) is 0. The molecule has 1 N–H and O–H groups in total. The summed E-state index contributed by atoms with van der Waals surface area (Å²) < 4.78 is 5.34. The van der Waals surface area contributed by atoms with Gasteiger partial charge in [-0.3, -0.25) is 4.79 Å². The van der Waals surface area contributed by atoms with Crippen LogP contribution in [0.25, 0.3) is 0 Å². The Morgan fingerprint density at radius 3 is 2.08 bits per heavy atom. The lowest BCUT2D eigenvalue weighted by molar-refractivity contribution is -0.143. The van der Waals surface area contributed by atoms with E-state index < -0.39 is 11.4 Å². The Labute approximate surface area is 153 Å². The van der Waals surface area contributed by atoms with Crippen molar-refractivity contribution in [1.82, 2.24) is 0 Å². The normalized spacial score (nSPS) is 31.2. The lowest BCUT2D eigenvalue weighted by Gasteiger charge is -2.56. The Kier molecular flexibility index (Phi) is 3.26. The van der Waals surface area contributed by atoms with Gasteiger partial charge in [0.05, 0.1) is 24.0 Å². The molecule has 3 atom stereocenters. The zero-order valence-corrected chi connectivity index (χ0v) is 14.9. The van der Waals surface area contributed by atoms with Crippen molar-refractivity contribution >= 4 is 11.7 Å². The van der Waals surface area contributed by atoms with E-state index >= 15 is 0 Å². The highest BCUT2D eigenvalue weighted by Gasteiger charge is 2.67. The van der Waals surface area contributed by atoms with Crippen molar-refractivity contribution in [2.75, 3.05) is 31.2 Å². The fourth-order valence-electron chi connectivity index (χ4n) is 4.93. The molecule has 1 aliphatic carbocycles. The van der Waals surface area contributed by atoms with Gasteiger partial charge in [0, 0.05) is 30.6 Å². The van der Waals surface area contributed by atoms with Crippen molar-refractivity contribution in [3.05, 3.63) is 65.7 Å². The van der Waals surface area contributed by atoms with Gasteiger partial charge in [-0.2, -0.15) is 0 Å². The van der Waals surface area contributed by atoms with Crippen LogP contribution in [0, 0.1) is 10.8 Å². The molecule has 2 saturated heterocycles. The molecule has 134 valence electrons. The monoisotopic (exact) mass is 349 g/mol. The van der Waals surface area contributed by atoms with Gasteiger partial charge in [-0.15, -0.1) is 0 Å². The number of carboxylic acids is 1. The van der Waals surface area contributed by atoms with Crippen LogP contribution in [0.2, 0.25) is 0 Å². The first-order chi connectivity index (χ1) is 12.5. The summed E-state index contributed by atoms with van der Waals surface area (Å²) in [5.74, 6) is -0.652. The highest BCUT2D eigenvalue weighted by atomic mass is 16.5. The zero-order valence-electron chi connectivity index (χ0n) is 14.9. The summed E-state index contributed by atoms with van der Waals surface area (Å²) in [6.45, 7) is 5.78. The predicted octanol–water partition coefficient (Wildman–Crippen LogP) is 3.50. The largest absolute Gasteiger partial charge is 0.481 e. The fraction of sp³-hybridized carbons (Fsp3) is 0.409. The number of aliphatic carboxylic acids is 1. The Morgan fingerprint density at radius 2 is 1.58 bits per heavy atom. The number of benzene rings is 2. The molecule has 3 fully saturated rings. The molecule has 2 heterocycles. The maximum atomic E-state index is 12.0. The van der Waals surface area contributed by atoms with Crippen LogP contribution in [0.3, 0.4) is 0 Å². The van der Waals surface area contributed by atoms with E-state index in [0.29, 0.717) is 5.41 Å². The van der Waals surface area contributed by atoms with Crippen molar-refractivity contribution in [3.8, 4) is 0 Å². The first kappa shape index (κ1) is 15.9. The van der Waals surface area contributed by atoms with E-state index in [1.807, 2.05) is 37.3 Å². The standard InChI is InChI=1S/C22H23NO3/c1-21(20(24)25)18(15-5-3-2-4-6-15)19(21)16-7-9-17(10-8-16)23-11-22(12-23)13-26-14-22/h2-10,18-19H,11-14H2,1H3,(H,24,25). The quantitative estimate of drug-likeness (QED) is 0.918. The summed E-state index contributed by atoms with van der Waals surface area (Å²) in [4.78, 5) is 14.4. The van der Waals surface area contributed by atoms with Gasteiger partial charge in [-0.1, -0.05) is 42.5 Å². The fourth-order valence-corrected chi connectivity index (χ4v) is 4.93. The highest BCUT2D eigenvalue weighted by molar-refractivity contribution is 5.83. The van der Waals surface area contributed by atoms with Crippen LogP contribution in [-0.2, 0) is 9.53 Å². The third-order valence-corrected chi connectivity index (χ3v) is 6.62. The number of anilines is 1. The van der Waals surface area contributed by atoms with Gasteiger partial charge in [0.2, 0.25) is 0 Å². The summed E-state index contributed by atoms with van der Waals surface area (Å²) in [5.41, 5.74) is 3.12. The van der Waals surface area contributed by atoms with E-state index in [2.05, 4.69) is 29.2 Å². The van der Waals surface area contributed by atoms with Gasteiger partial charge in [0.15, 0.2) is 0 Å². The maximum absolute atomic E-state index is 12.0. The third-order valence-electron chi connectivity index (χ3n) is 6.62. The van der Waals surface area contributed by atoms with Crippen LogP contribution in [0.15, 0.2) is 54.6 Å². The number of hydrogen-bond donors (Lipinski definition) is 1. The van der Waals surface area contributed by atoms with E-state index in [-0.39, 0.29) is 11.8 Å². The molecule has 1 saturated carbocycles. The molecule has 4 heteroatoms. The molecule has 2 aliphatic heterocycles. The number of hydrogen-bond acceptors (Lipinski definition) is 3. The van der Waals surface area contributed by atoms with E-state index in [9.17, 15) is 9.90 Å². The smallest absolute Gasteiger partial charge is 0.310 e. The minimum atomic E-state index is -0.729. The Morgan fingerprint density at radius 1 is 1.00 bits per heavy atom. The molecule has 0 amide bonds. The van der Waals surface area contributed by atoms with E-state index in [1.54, 1.807) is 0 Å². The number of carbonyl (C=O) groups is 1. The van der Waals surface area contributed by atoms with Gasteiger partial charge >= 0.3 is 5.97 Å². The van der Waals surface area contributed by atoms with Crippen molar-refractivity contribution in [2.45, 2.75) is 18.8 Å². The zero-order chi connectivity index (χ0) is 17.9. The van der Waals surface area contributed by atoms with Crippen LogP contribution in [-0.4, -0.2) is 37.4 Å². The lowest BCUT2D eigenvalue weighted by Crippen LogP contribution is -2.66. The number of nitrogens with zero attached hydrogens (tertiary/aromatic N) is 1. The highest BCUT2D eigenvalue weighted by Crippen LogP contribution is 2.70. The van der Waals surface area contributed by atoms with Gasteiger partial charge in [0.25, 0.3) is 0 Å². The topological polar surface area (TPSA) is 49.8 Å². The molecule has 0 bridgehead atoms. The van der Waals surface area contributed by atoms with Crippen molar-refractivity contribution < 1.29 is 14.6 Å². The molecule has 1 spiro atoms. The summed E-state index contributed by atoms with van der Waals surface area (Å²) in [6.07, 6.45) is 0. The molecular formula is C22H23NO3. The van der Waals surface area contributed by atoms with E-state index in [0.717, 1.165) is 37.4 Å². The van der Waals surface area contributed by atoms with Crippen LogP contribution < -0.4 is 4.90 Å². The SMILES string of the molecule is CC1(C(=O)O)C(c2ccccc2)C1c1ccc(N2CC3(COC3)C2)cc1. The Balaban J connectivity index is 1.38. The van der Waals surface area contributed by atoms with Gasteiger partial charge < -0.3 is 14.7 Å². The minimum Gasteiger partial charge on any atom is -0.481 e. The number of carboxylic acid groups (broad SMARTS) is 1. The maximum Gasteiger partial charge on any atom is 0.310 e. The molecule has 2 aromatic rings. The van der Waals surface area contributed by atoms with Crippen molar-refractivity contribution in [3.63, 3.8) is 0 Å². The van der Waals surface area contributed by atoms with Gasteiger partial charge in [0.1, 0.15) is 0 Å². The molecular weight excluding hydrogens is 326 g/mol. The molecule has 0 radical (unpaired) electrons. The molecule has 3 aliphatic rings. The average Bonchev–Trinajstić information content (AvgIpc) is 3.21. The van der Waals surface area contributed by atoms with E-state index in [4.69, 9.17) is 4.74 Å². The minimum absolute atomic E-state index is 0.0271. The number of ether oxygens (including phenoxy) is 1. The van der Waals surface area contributed by atoms with Crippen LogP contribution in [0.4, 0.5) is 5.69 Å². The molecule has 3 unspecified atom stereocenters. The Bertz CT molecular complexity index is 835. The molecule has 0 aromatic heterocycles. The second-order valence-electron chi connectivity index (χ2n) is 8.39. The summed E-state index contributed by atoms with van der Waals surface area (Å²) in [6, 6.07) is 18.6. The molecule has 4 nitrogen and oxygen atoms in total.